The van der Waals surface area contributed by atoms with Crippen molar-refractivity contribution in [2.24, 2.45) is 5.73 Å². The number of anilines is 3. The number of ether oxygens (including phenoxy) is 3. The number of methoxy groups -OCH3 is 1. The Hall–Kier alpha value is -3.85. The molecule has 1 saturated heterocycles. The van der Waals surface area contributed by atoms with Crippen LogP contribution in [0.25, 0.3) is 0 Å². The van der Waals surface area contributed by atoms with Gasteiger partial charge in [-0.15, -0.1) is 0 Å². The minimum absolute atomic E-state index is 0.0316. The van der Waals surface area contributed by atoms with Crippen molar-refractivity contribution < 1.29 is 18.6 Å². The van der Waals surface area contributed by atoms with Crippen molar-refractivity contribution in [1.29, 1.82) is 5.41 Å². The van der Waals surface area contributed by atoms with E-state index in [1.807, 2.05) is 56.0 Å². The molecular weight excluding hydrogens is 497 g/mol. The van der Waals surface area contributed by atoms with Crippen LogP contribution in [-0.4, -0.2) is 49.8 Å². The zero-order valence-corrected chi connectivity index (χ0v) is 23.1. The van der Waals surface area contributed by atoms with Crippen molar-refractivity contribution in [1.82, 2.24) is 4.98 Å². The summed E-state index contributed by atoms with van der Waals surface area (Å²) in [5.41, 5.74) is 8.06. The van der Waals surface area contributed by atoms with Gasteiger partial charge in [-0.1, -0.05) is 6.07 Å². The number of hydrogen-bond acceptors (Lipinski definition) is 7. The molecule has 208 valence electrons. The monoisotopic (exact) mass is 535 g/mol. The van der Waals surface area contributed by atoms with Crippen LogP contribution in [0.5, 0.6) is 11.5 Å². The second kappa shape index (κ2) is 12.8. The van der Waals surface area contributed by atoms with Crippen LogP contribution in [0.4, 0.5) is 21.6 Å². The number of aromatic nitrogens is 1. The van der Waals surface area contributed by atoms with Gasteiger partial charge in [0.25, 0.3) is 0 Å². The third kappa shape index (κ3) is 6.78. The Morgan fingerprint density at radius 3 is 2.64 bits per heavy atom. The summed E-state index contributed by atoms with van der Waals surface area (Å²) in [6, 6.07) is 16.6. The lowest BCUT2D eigenvalue weighted by Crippen LogP contribution is -2.33. The Kier molecular flexibility index (Phi) is 9.24. The number of benzene rings is 2. The number of rotatable bonds is 12. The molecule has 0 radical (unpaired) electrons. The fourth-order valence-electron chi connectivity index (χ4n) is 4.86. The van der Waals surface area contributed by atoms with Crippen LogP contribution in [-0.2, 0) is 11.3 Å². The van der Waals surface area contributed by atoms with E-state index in [9.17, 15) is 0 Å². The van der Waals surface area contributed by atoms with Crippen LogP contribution in [0, 0.1) is 11.2 Å². The zero-order valence-electron chi connectivity index (χ0n) is 23.1. The van der Waals surface area contributed by atoms with E-state index < -0.39 is 5.82 Å². The summed E-state index contributed by atoms with van der Waals surface area (Å²) in [6.45, 7) is 7.89. The lowest BCUT2D eigenvalue weighted by Gasteiger charge is -2.28. The third-order valence-electron chi connectivity index (χ3n) is 6.59. The van der Waals surface area contributed by atoms with Crippen LogP contribution in [0.2, 0.25) is 0 Å². The number of nitrogen functional groups attached to an aromatic ring is 1. The lowest BCUT2D eigenvalue weighted by molar-refractivity contribution is 0.180. The molecule has 1 aliphatic heterocycles. The van der Waals surface area contributed by atoms with Crippen molar-refractivity contribution in [2.45, 2.75) is 52.3 Å². The first-order valence-corrected chi connectivity index (χ1v) is 13.4. The number of nitrogens with one attached hydrogen (secondary N) is 1. The third-order valence-corrected chi connectivity index (χ3v) is 6.59. The number of halogens is 1. The van der Waals surface area contributed by atoms with E-state index in [1.54, 1.807) is 31.4 Å². The number of hydrogen-bond donors (Lipinski definition) is 2. The summed E-state index contributed by atoms with van der Waals surface area (Å²) in [5.74, 6) is 0.995. The predicted molar refractivity (Wildman–Crippen MR) is 153 cm³/mol. The highest BCUT2D eigenvalue weighted by atomic mass is 19.1. The molecule has 39 heavy (non-hydrogen) atoms. The van der Waals surface area contributed by atoms with Gasteiger partial charge in [-0.05, 0) is 70.0 Å². The van der Waals surface area contributed by atoms with Gasteiger partial charge in [0.15, 0.2) is 11.6 Å². The van der Waals surface area contributed by atoms with E-state index in [0.29, 0.717) is 42.4 Å². The normalized spacial score (nSPS) is 15.0. The van der Waals surface area contributed by atoms with Gasteiger partial charge in [0, 0.05) is 37.0 Å². The van der Waals surface area contributed by atoms with Gasteiger partial charge in [0.1, 0.15) is 17.4 Å². The Labute approximate surface area is 230 Å². The maximum atomic E-state index is 16.0. The van der Waals surface area contributed by atoms with Crippen LogP contribution >= 0.6 is 0 Å². The molecule has 8 nitrogen and oxygen atoms in total. The molecule has 2 aromatic carbocycles. The number of amidine groups is 1. The summed E-state index contributed by atoms with van der Waals surface area (Å²) in [6.07, 6.45) is 1.93. The van der Waals surface area contributed by atoms with E-state index >= 15 is 4.39 Å². The first-order chi connectivity index (χ1) is 18.8. The highest BCUT2D eigenvalue weighted by molar-refractivity contribution is 5.95. The summed E-state index contributed by atoms with van der Waals surface area (Å²) in [5, 5.41) is 7.76. The van der Waals surface area contributed by atoms with Gasteiger partial charge in [0.05, 0.1) is 43.3 Å². The van der Waals surface area contributed by atoms with Crippen molar-refractivity contribution in [3.8, 4) is 11.5 Å². The molecule has 2 heterocycles. The molecule has 0 unspecified atom stereocenters. The van der Waals surface area contributed by atoms with Crippen molar-refractivity contribution in [3.05, 3.63) is 71.7 Å². The fourth-order valence-corrected chi connectivity index (χ4v) is 4.86. The molecule has 1 atom stereocenters. The molecule has 0 spiro atoms. The van der Waals surface area contributed by atoms with Crippen molar-refractivity contribution in [2.75, 3.05) is 36.7 Å². The maximum absolute atomic E-state index is 16.0. The molecule has 0 saturated carbocycles. The Morgan fingerprint density at radius 1 is 1.21 bits per heavy atom. The maximum Gasteiger partial charge on any atom is 0.188 e. The molecule has 1 fully saturated rings. The van der Waals surface area contributed by atoms with Gasteiger partial charge >= 0.3 is 0 Å². The molecule has 1 aromatic heterocycles. The van der Waals surface area contributed by atoms with Gasteiger partial charge in [-0.3, -0.25) is 5.41 Å². The van der Waals surface area contributed by atoms with E-state index in [1.165, 1.54) is 0 Å². The largest absolute Gasteiger partial charge is 0.494 e. The lowest BCUT2D eigenvalue weighted by atomic mass is 10.1. The van der Waals surface area contributed by atoms with Gasteiger partial charge < -0.3 is 29.7 Å². The quantitative estimate of drug-likeness (QED) is 0.229. The second-order valence-electron chi connectivity index (χ2n) is 9.83. The zero-order chi connectivity index (χ0) is 27.9. The average Bonchev–Trinajstić information content (AvgIpc) is 3.38. The SMILES string of the molecule is CCOc1cc(OC(C)C)c(F)c(N(Cc2cccc(N3CCC[C@H]3COC)n2)c2ccc(C(=N)N)cc2)c1. The van der Waals surface area contributed by atoms with Crippen molar-refractivity contribution >= 4 is 23.0 Å². The highest BCUT2D eigenvalue weighted by Crippen LogP contribution is 2.38. The minimum Gasteiger partial charge on any atom is -0.494 e. The molecule has 0 bridgehead atoms. The number of nitrogens with two attached hydrogens (primary N) is 1. The van der Waals surface area contributed by atoms with Crippen LogP contribution < -0.4 is 25.0 Å². The Bertz CT molecular complexity index is 1270. The minimum atomic E-state index is -0.487. The standard InChI is InChI=1S/C30H38FN5O3/c1-5-38-25-16-26(29(31)27(17-25)39-20(2)3)36(23-13-11-21(12-14-23)30(32)33)18-22-8-6-10-28(34-22)35-15-7-9-24(35)19-37-4/h6,8,10-14,16-17,20,24H,5,7,9,15,18-19H2,1-4H3,(H3,32,33)/t24-/m0/s1. The van der Waals surface area contributed by atoms with E-state index in [-0.39, 0.29) is 23.7 Å². The first kappa shape index (κ1) is 28.2. The highest BCUT2D eigenvalue weighted by Gasteiger charge is 2.26. The smallest absolute Gasteiger partial charge is 0.188 e. The predicted octanol–water partition coefficient (Wildman–Crippen LogP) is 5.64. The van der Waals surface area contributed by atoms with Crippen LogP contribution in [0.15, 0.2) is 54.6 Å². The van der Waals surface area contributed by atoms with E-state index in [0.717, 1.165) is 30.9 Å². The van der Waals surface area contributed by atoms with E-state index in [4.69, 9.17) is 30.3 Å². The number of pyridine rings is 1. The van der Waals surface area contributed by atoms with Gasteiger partial charge in [-0.2, -0.15) is 0 Å². The van der Waals surface area contributed by atoms with Gasteiger partial charge in [-0.25, -0.2) is 9.37 Å². The molecule has 0 aliphatic carbocycles. The molecule has 1 aliphatic rings. The second-order valence-corrected chi connectivity index (χ2v) is 9.83. The van der Waals surface area contributed by atoms with Gasteiger partial charge in [0.2, 0.25) is 0 Å². The summed E-state index contributed by atoms with van der Waals surface area (Å²) in [4.78, 5) is 9.10. The molecule has 0 amide bonds. The Balaban J connectivity index is 1.77. The molecule has 3 N–H and O–H groups in total. The summed E-state index contributed by atoms with van der Waals surface area (Å²) >= 11 is 0. The molecule has 3 aromatic rings. The topological polar surface area (TPSA) is 96.9 Å². The molecule has 9 heteroatoms. The van der Waals surface area contributed by atoms with Crippen molar-refractivity contribution in [3.63, 3.8) is 0 Å². The first-order valence-electron chi connectivity index (χ1n) is 13.4. The van der Waals surface area contributed by atoms with Crippen LogP contribution in [0.3, 0.4) is 0 Å². The fraction of sp³-hybridized carbons (Fsp3) is 0.400. The average molecular weight is 536 g/mol. The van der Waals surface area contributed by atoms with Crippen LogP contribution in [0.1, 0.15) is 44.9 Å². The summed E-state index contributed by atoms with van der Waals surface area (Å²) in [7, 11) is 1.72. The Morgan fingerprint density at radius 2 is 1.97 bits per heavy atom. The molecular formula is C30H38FN5O3. The summed E-state index contributed by atoms with van der Waals surface area (Å²) < 4.78 is 33.1. The van der Waals surface area contributed by atoms with E-state index in [2.05, 4.69) is 4.90 Å². The number of nitrogens with zero attached hydrogens (tertiary/aromatic N) is 3. The molecule has 4 rings (SSSR count).